The number of hydrogen-bond acceptors (Lipinski definition) is 3. The van der Waals surface area contributed by atoms with Gasteiger partial charge in [-0.05, 0) is 18.2 Å². The highest BCUT2D eigenvalue weighted by atomic mass is 19.1. The van der Waals surface area contributed by atoms with Gasteiger partial charge in [0, 0.05) is 31.1 Å². The second-order valence-corrected chi connectivity index (χ2v) is 5.38. The fraction of sp³-hybridized carbons (Fsp3) is 0.167. The Labute approximate surface area is 139 Å². The molecule has 0 unspecified atom stereocenters. The van der Waals surface area contributed by atoms with E-state index in [0.29, 0.717) is 18.5 Å². The molecule has 0 spiro atoms. The molecule has 0 aliphatic carbocycles. The van der Waals surface area contributed by atoms with Gasteiger partial charge < -0.3 is 9.88 Å². The van der Waals surface area contributed by atoms with Crippen molar-refractivity contribution in [1.82, 2.24) is 20.1 Å². The van der Waals surface area contributed by atoms with Gasteiger partial charge >= 0.3 is 0 Å². The van der Waals surface area contributed by atoms with Crippen molar-refractivity contribution >= 4 is 5.91 Å². The van der Waals surface area contributed by atoms with Crippen LogP contribution in [-0.2, 0) is 13.5 Å². The van der Waals surface area contributed by atoms with Crippen LogP contribution in [0.15, 0.2) is 54.6 Å². The van der Waals surface area contributed by atoms with Crippen LogP contribution in [-0.4, -0.2) is 27.2 Å². The van der Waals surface area contributed by atoms with Gasteiger partial charge in [0.2, 0.25) is 0 Å². The van der Waals surface area contributed by atoms with Crippen molar-refractivity contribution in [2.45, 2.75) is 6.42 Å². The zero-order valence-corrected chi connectivity index (χ0v) is 13.2. The standard InChI is InChI=1S/C18H17FN4O/c1-23-16(21-22-17(23)13-6-3-2-4-7-13)10-11-20-18(24)14-8-5-9-15(19)12-14/h2-9,12H,10-11H2,1H3,(H,20,24). The zero-order chi connectivity index (χ0) is 16.9. The van der Waals surface area contributed by atoms with E-state index in [0.717, 1.165) is 17.2 Å². The predicted molar refractivity (Wildman–Crippen MR) is 88.9 cm³/mol. The van der Waals surface area contributed by atoms with Crippen molar-refractivity contribution in [3.63, 3.8) is 0 Å². The second-order valence-electron chi connectivity index (χ2n) is 5.38. The summed E-state index contributed by atoms with van der Waals surface area (Å²) in [7, 11) is 1.89. The summed E-state index contributed by atoms with van der Waals surface area (Å²) in [5.74, 6) is 0.818. The maximum Gasteiger partial charge on any atom is 0.251 e. The number of halogens is 1. The molecule has 24 heavy (non-hydrogen) atoms. The van der Waals surface area contributed by atoms with Gasteiger partial charge in [-0.3, -0.25) is 4.79 Å². The summed E-state index contributed by atoms with van der Waals surface area (Å²) in [5.41, 5.74) is 1.29. The fourth-order valence-electron chi connectivity index (χ4n) is 2.44. The quantitative estimate of drug-likeness (QED) is 0.785. The van der Waals surface area contributed by atoms with Crippen molar-refractivity contribution in [2.24, 2.45) is 7.05 Å². The summed E-state index contributed by atoms with van der Waals surface area (Å²) in [6, 6.07) is 15.4. The topological polar surface area (TPSA) is 59.8 Å². The smallest absolute Gasteiger partial charge is 0.251 e. The monoisotopic (exact) mass is 324 g/mol. The fourth-order valence-corrected chi connectivity index (χ4v) is 2.44. The molecule has 1 aromatic heterocycles. The minimum atomic E-state index is -0.427. The molecule has 6 heteroatoms. The Hall–Kier alpha value is -3.02. The van der Waals surface area contributed by atoms with Gasteiger partial charge in [0.05, 0.1) is 0 Å². The molecule has 0 saturated carbocycles. The Balaban J connectivity index is 1.62. The largest absolute Gasteiger partial charge is 0.352 e. The van der Waals surface area contributed by atoms with Crippen molar-refractivity contribution in [1.29, 1.82) is 0 Å². The number of nitrogens with zero attached hydrogens (tertiary/aromatic N) is 3. The number of nitrogens with one attached hydrogen (secondary N) is 1. The number of aromatic nitrogens is 3. The van der Waals surface area contributed by atoms with Crippen LogP contribution in [0.4, 0.5) is 4.39 Å². The van der Waals surface area contributed by atoms with Crippen LogP contribution in [0.2, 0.25) is 0 Å². The molecule has 0 aliphatic rings. The molecule has 0 saturated heterocycles. The molecule has 1 N–H and O–H groups in total. The van der Waals surface area contributed by atoms with Crippen LogP contribution in [0.1, 0.15) is 16.2 Å². The number of carbonyl (C=O) groups is 1. The van der Waals surface area contributed by atoms with Crippen molar-refractivity contribution in [3.05, 3.63) is 71.8 Å². The molecule has 122 valence electrons. The number of rotatable bonds is 5. The average molecular weight is 324 g/mol. The van der Waals surface area contributed by atoms with E-state index in [1.165, 1.54) is 18.2 Å². The lowest BCUT2D eigenvalue weighted by Crippen LogP contribution is -2.26. The molecule has 0 atom stereocenters. The van der Waals surface area contributed by atoms with Crippen molar-refractivity contribution in [3.8, 4) is 11.4 Å². The lowest BCUT2D eigenvalue weighted by molar-refractivity contribution is 0.0953. The van der Waals surface area contributed by atoms with Crippen LogP contribution in [0.3, 0.4) is 0 Å². The lowest BCUT2D eigenvalue weighted by atomic mass is 10.2. The number of benzene rings is 2. The first kappa shape index (κ1) is 15.9. The Morgan fingerprint density at radius 1 is 1.12 bits per heavy atom. The van der Waals surface area contributed by atoms with Gasteiger partial charge in [-0.15, -0.1) is 10.2 Å². The number of carbonyl (C=O) groups excluding carboxylic acids is 1. The molecule has 3 rings (SSSR count). The molecule has 0 radical (unpaired) electrons. The van der Waals surface area contributed by atoms with Crippen LogP contribution >= 0.6 is 0 Å². The Kier molecular flexibility index (Phi) is 4.65. The average Bonchev–Trinajstić information content (AvgIpc) is 2.96. The third kappa shape index (κ3) is 3.48. The second kappa shape index (κ2) is 7.04. The zero-order valence-electron chi connectivity index (χ0n) is 13.2. The summed E-state index contributed by atoms with van der Waals surface area (Å²) in [4.78, 5) is 12.0. The molecule has 3 aromatic rings. The van der Waals surface area contributed by atoms with E-state index in [1.807, 2.05) is 41.9 Å². The van der Waals surface area contributed by atoms with Gasteiger partial charge in [-0.1, -0.05) is 36.4 Å². The van der Waals surface area contributed by atoms with E-state index in [4.69, 9.17) is 0 Å². The van der Waals surface area contributed by atoms with E-state index in [9.17, 15) is 9.18 Å². The summed E-state index contributed by atoms with van der Waals surface area (Å²) in [6.07, 6.45) is 0.539. The van der Waals surface area contributed by atoms with E-state index in [2.05, 4.69) is 15.5 Å². The number of amides is 1. The highest BCUT2D eigenvalue weighted by Gasteiger charge is 2.11. The normalized spacial score (nSPS) is 10.6. The lowest BCUT2D eigenvalue weighted by Gasteiger charge is -2.06. The van der Waals surface area contributed by atoms with E-state index < -0.39 is 5.82 Å². The third-order valence-corrected chi connectivity index (χ3v) is 3.72. The summed E-state index contributed by atoms with van der Waals surface area (Å²) >= 11 is 0. The first-order valence-electron chi connectivity index (χ1n) is 7.62. The maximum absolute atomic E-state index is 13.1. The highest BCUT2D eigenvalue weighted by Crippen LogP contribution is 2.16. The maximum atomic E-state index is 13.1. The van der Waals surface area contributed by atoms with Crippen LogP contribution < -0.4 is 5.32 Å². The van der Waals surface area contributed by atoms with Crippen LogP contribution in [0.5, 0.6) is 0 Å². The molecule has 0 fully saturated rings. The molecule has 5 nitrogen and oxygen atoms in total. The summed E-state index contributed by atoms with van der Waals surface area (Å²) < 4.78 is 15.0. The van der Waals surface area contributed by atoms with E-state index in [1.54, 1.807) is 6.07 Å². The molecule has 1 heterocycles. The van der Waals surface area contributed by atoms with Crippen LogP contribution in [0.25, 0.3) is 11.4 Å². The van der Waals surface area contributed by atoms with Gasteiger partial charge in [0.15, 0.2) is 5.82 Å². The Bertz CT molecular complexity index is 845. The third-order valence-electron chi connectivity index (χ3n) is 3.72. The van der Waals surface area contributed by atoms with Crippen molar-refractivity contribution in [2.75, 3.05) is 6.54 Å². The molecular formula is C18H17FN4O. The molecule has 1 amide bonds. The molecule has 0 bridgehead atoms. The number of hydrogen-bond donors (Lipinski definition) is 1. The summed E-state index contributed by atoms with van der Waals surface area (Å²) in [5, 5.41) is 11.1. The molecule has 0 aliphatic heterocycles. The Morgan fingerprint density at radius 2 is 1.92 bits per heavy atom. The summed E-state index contributed by atoms with van der Waals surface area (Å²) in [6.45, 7) is 0.399. The van der Waals surface area contributed by atoms with Crippen molar-refractivity contribution < 1.29 is 9.18 Å². The van der Waals surface area contributed by atoms with E-state index >= 15 is 0 Å². The first-order valence-corrected chi connectivity index (χ1v) is 7.62. The molecular weight excluding hydrogens is 307 g/mol. The van der Waals surface area contributed by atoms with Gasteiger partial charge in [0.25, 0.3) is 5.91 Å². The first-order chi connectivity index (χ1) is 11.6. The Morgan fingerprint density at radius 3 is 2.67 bits per heavy atom. The van der Waals surface area contributed by atoms with E-state index in [-0.39, 0.29) is 5.91 Å². The minimum absolute atomic E-state index is 0.304. The van der Waals surface area contributed by atoms with Gasteiger partial charge in [0.1, 0.15) is 11.6 Å². The van der Waals surface area contributed by atoms with Crippen LogP contribution in [0, 0.1) is 5.82 Å². The molecule has 2 aromatic carbocycles. The van der Waals surface area contributed by atoms with Gasteiger partial charge in [-0.2, -0.15) is 0 Å². The van der Waals surface area contributed by atoms with Gasteiger partial charge in [-0.25, -0.2) is 4.39 Å². The SMILES string of the molecule is Cn1c(CCNC(=O)c2cccc(F)c2)nnc1-c1ccccc1. The predicted octanol–water partition coefficient (Wildman–Crippen LogP) is 2.59. The highest BCUT2D eigenvalue weighted by molar-refractivity contribution is 5.94. The minimum Gasteiger partial charge on any atom is -0.352 e.